The molecule has 1 aliphatic heterocycles. The molecule has 5 rings (SSSR count). The van der Waals surface area contributed by atoms with Crippen LogP contribution in [0.3, 0.4) is 0 Å². The van der Waals surface area contributed by atoms with Crippen molar-refractivity contribution in [2.24, 2.45) is 0 Å². The van der Waals surface area contributed by atoms with E-state index in [0.717, 1.165) is 28.5 Å². The van der Waals surface area contributed by atoms with E-state index in [-0.39, 0.29) is 34.2 Å². The Bertz CT molecular complexity index is 1610. The van der Waals surface area contributed by atoms with Crippen LogP contribution in [0.25, 0.3) is 10.8 Å². The topological polar surface area (TPSA) is 74.3 Å². The Morgan fingerprint density at radius 1 is 0.867 bits per heavy atom. The lowest BCUT2D eigenvalue weighted by Gasteiger charge is -2.37. The van der Waals surface area contributed by atoms with Crippen molar-refractivity contribution in [1.82, 2.24) is 5.06 Å². The largest absolute Gasteiger partial charge is 0.528 e. The third-order valence-electron chi connectivity index (χ3n) is 7.59. The summed E-state index contributed by atoms with van der Waals surface area (Å²) in [5.74, 6) is -0.466. The van der Waals surface area contributed by atoms with Gasteiger partial charge in [0.1, 0.15) is 5.60 Å². The maximum absolute atomic E-state index is 12.5. The third kappa shape index (κ3) is 8.98. The number of hydroxylamine groups is 2. The molecule has 0 bridgehead atoms. The Labute approximate surface area is 273 Å². The van der Waals surface area contributed by atoms with Gasteiger partial charge in [0.2, 0.25) is 0 Å². The minimum Gasteiger partial charge on any atom is -0.462 e. The molecule has 1 fully saturated rings. The van der Waals surface area contributed by atoms with Crippen LogP contribution in [0.4, 0.5) is 4.79 Å². The smallest absolute Gasteiger partial charge is 0.462 e. The van der Waals surface area contributed by atoms with Crippen LogP contribution in [0.2, 0.25) is 10.0 Å². The first-order chi connectivity index (χ1) is 21.6. The van der Waals surface area contributed by atoms with Crippen LogP contribution in [-0.4, -0.2) is 48.6 Å². The van der Waals surface area contributed by atoms with Crippen molar-refractivity contribution in [3.63, 3.8) is 0 Å². The molecule has 45 heavy (non-hydrogen) atoms. The Balaban J connectivity index is 1.24. The number of carbonyl (C=O) groups is 2. The van der Waals surface area contributed by atoms with E-state index in [1.54, 1.807) is 44.0 Å². The van der Waals surface area contributed by atoms with E-state index >= 15 is 0 Å². The second-order valence-corrected chi connectivity index (χ2v) is 12.9. The fourth-order valence-electron chi connectivity index (χ4n) is 5.39. The van der Waals surface area contributed by atoms with E-state index in [0.29, 0.717) is 26.1 Å². The first kappa shape index (κ1) is 32.8. The molecule has 0 saturated carbocycles. The molecule has 1 aliphatic rings. The number of benzene rings is 4. The number of fused-ring (bicyclic) bond motifs is 1. The van der Waals surface area contributed by atoms with E-state index in [9.17, 15) is 9.59 Å². The molecule has 1 saturated heterocycles. The van der Waals surface area contributed by atoms with Gasteiger partial charge in [-0.3, -0.25) is 0 Å². The molecule has 9 heteroatoms. The molecule has 7 nitrogen and oxygen atoms in total. The molecule has 2 atom stereocenters. The van der Waals surface area contributed by atoms with Gasteiger partial charge in [-0.1, -0.05) is 89.9 Å². The van der Waals surface area contributed by atoms with Crippen molar-refractivity contribution < 1.29 is 28.6 Å². The predicted molar refractivity (Wildman–Crippen MR) is 176 cm³/mol. The van der Waals surface area contributed by atoms with Gasteiger partial charge in [0, 0.05) is 18.9 Å². The van der Waals surface area contributed by atoms with Crippen molar-refractivity contribution >= 4 is 46.1 Å². The molecular formula is C36H37Cl2NO6. The molecule has 236 valence electrons. The molecule has 0 aromatic heterocycles. The van der Waals surface area contributed by atoms with Crippen LogP contribution in [0.1, 0.15) is 60.2 Å². The van der Waals surface area contributed by atoms with E-state index in [1.807, 2.05) is 24.3 Å². The van der Waals surface area contributed by atoms with E-state index < -0.39 is 17.7 Å². The van der Waals surface area contributed by atoms with Crippen molar-refractivity contribution in [1.29, 1.82) is 0 Å². The van der Waals surface area contributed by atoms with Gasteiger partial charge < -0.3 is 19.0 Å². The molecule has 0 radical (unpaired) electrons. The molecule has 4 aromatic carbocycles. The van der Waals surface area contributed by atoms with Crippen LogP contribution in [0, 0.1) is 0 Å². The minimum absolute atomic E-state index is 0.0817. The highest BCUT2D eigenvalue weighted by Gasteiger charge is 2.34. The van der Waals surface area contributed by atoms with Crippen LogP contribution in [0.15, 0.2) is 84.9 Å². The Hall–Kier alpha value is -3.62. The average Bonchev–Trinajstić information content (AvgIpc) is 2.99. The van der Waals surface area contributed by atoms with Crippen LogP contribution in [0.5, 0.6) is 0 Å². The summed E-state index contributed by atoms with van der Waals surface area (Å²) >= 11 is 12.3. The monoisotopic (exact) mass is 649 g/mol. The molecule has 0 amide bonds. The SMILES string of the molecule is CC(C)(C)OC(=O)ON1CCC(c2ccc(CCOC(=O)c3c(Cl)cccc3Cl)cc2)C(OCc2ccc3ccccc3c2)C1. The van der Waals surface area contributed by atoms with Crippen LogP contribution in [-0.2, 0) is 32.1 Å². The molecule has 2 unspecified atom stereocenters. The first-order valence-corrected chi connectivity index (χ1v) is 15.8. The van der Waals surface area contributed by atoms with Crippen LogP contribution < -0.4 is 0 Å². The van der Waals surface area contributed by atoms with Gasteiger partial charge in [0.25, 0.3) is 0 Å². The normalized spacial score (nSPS) is 17.2. The highest BCUT2D eigenvalue weighted by atomic mass is 35.5. The van der Waals surface area contributed by atoms with Crippen molar-refractivity contribution in [3.05, 3.63) is 117 Å². The number of nitrogens with zero attached hydrogens (tertiary/aromatic N) is 1. The quantitative estimate of drug-likeness (QED) is 0.168. The Kier molecular flexibility index (Phi) is 10.7. The highest BCUT2D eigenvalue weighted by Crippen LogP contribution is 2.32. The number of rotatable bonds is 9. The molecular weight excluding hydrogens is 613 g/mol. The summed E-state index contributed by atoms with van der Waals surface area (Å²) in [7, 11) is 0. The molecule has 0 spiro atoms. The Morgan fingerprint density at radius 3 is 2.27 bits per heavy atom. The number of hydrogen-bond acceptors (Lipinski definition) is 7. The number of ether oxygens (including phenoxy) is 3. The lowest BCUT2D eigenvalue weighted by atomic mass is 9.87. The predicted octanol–water partition coefficient (Wildman–Crippen LogP) is 8.79. The van der Waals surface area contributed by atoms with E-state index in [4.69, 9.17) is 42.3 Å². The third-order valence-corrected chi connectivity index (χ3v) is 8.22. The maximum Gasteiger partial charge on any atom is 0.528 e. The lowest BCUT2D eigenvalue weighted by Crippen LogP contribution is -2.45. The van der Waals surface area contributed by atoms with E-state index in [2.05, 4.69) is 42.5 Å². The van der Waals surface area contributed by atoms with E-state index in [1.165, 1.54) is 5.39 Å². The van der Waals surface area contributed by atoms with Crippen molar-refractivity contribution in [3.8, 4) is 0 Å². The summed E-state index contributed by atoms with van der Waals surface area (Å²) in [6.07, 6.45) is 0.301. The molecule has 0 N–H and O–H groups in total. The number of hydrogen-bond donors (Lipinski definition) is 0. The second kappa shape index (κ2) is 14.6. The fraction of sp³-hybridized carbons (Fsp3) is 0.333. The summed E-state index contributed by atoms with van der Waals surface area (Å²) in [5.41, 5.74) is 2.74. The summed E-state index contributed by atoms with van der Waals surface area (Å²) < 4.78 is 17.3. The number of halogens is 2. The lowest BCUT2D eigenvalue weighted by molar-refractivity contribution is -0.179. The van der Waals surface area contributed by atoms with Crippen molar-refractivity contribution in [2.75, 3.05) is 19.7 Å². The molecule has 1 heterocycles. The zero-order valence-electron chi connectivity index (χ0n) is 25.6. The number of esters is 1. The van der Waals surface area contributed by atoms with Gasteiger partial charge in [0.05, 0.1) is 41.5 Å². The second-order valence-electron chi connectivity index (χ2n) is 12.1. The average molecular weight is 651 g/mol. The first-order valence-electron chi connectivity index (χ1n) is 15.0. The summed E-state index contributed by atoms with van der Waals surface area (Å²) in [6, 6.07) is 27.7. The standard InChI is InChI=1S/C36H37Cl2NO6/c1-36(2,3)44-35(41)45-39-19-17-29(32(22-39)43-23-25-13-14-26-7-4-5-8-28(26)21-25)27-15-11-24(12-16-27)18-20-42-34(40)33-30(37)9-6-10-31(33)38/h4-16,21,29,32H,17-20,22-23H2,1-3H3. The number of piperidine rings is 1. The zero-order chi connectivity index (χ0) is 32.0. The van der Waals surface area contributed by atoms with Gasteiger partial charge >= 0.3 is 12.1 Å². The molecule has 0 aliphatic carbocycles. The van der Waals surface area contributed by atoms with Gasteiger partial charge in [-0.2, -0.15) is 0 Å². The van der Waals surface area contributed by atoms with Gasteiger partial charge in [0.15, 0.2) is 0 Å². The maximum atomic E-state index is 12.5. The fourth-order valence-corrected chi connectivity index (χ4v) is 5.94. The zero-order valence-corrected chi connectivity index (χ0v) is 27.1. The summed E-state index contributed by atoms with van der Waals surface area (Å²) in [5, 5.41) is 4.48. The summed E-state index contributed by atoms with van der Waals surface area (Å²) in [4.78, 5) is 30.5. The highest BCUT2D eigenvalue weighted by molar-refractivity contribution is 6.39. The number of carbonyl (C=O) groups excluding carboxylic acids is 2. The minimum atomic E-state index is -0.726. The van der Waals surface area contributed by atoms with Gasteiger partial charge in [-0.05, 0) is 72.9 Å². The van der Waals surface area contributed by atoms with Crippen molar-refractivity contribution in [2.45, 2.75) is 57.8 Å². The Morgan fingerprint density at radius 2 is 1.56 bits per heavy atom. The summed E-state index contributed by atoms with van der Waals surface area (Å²) in [6.45, 7) is 6.97. The molecule has 4 aromatic rings. The van der Waals surface area contributed by atoms with Gasteiger partial charge in [-0.15, -0.1) is 5.06 Å². The van der Waals surface area contributed by atoms with Crippen LogP contribution >= 0.6 is 23.2 Å². The van der Waals surface area contributed by atoms with Gasteiger partial charge in [-0.25, -0.2) is 9.59 Å².